The van der Waals surface area contributed by atoms with E-state index >= 15 is 0 Å². The van der Waals surface area contributed by atoms with Gasteiger partial charge in [-0.1, -0.05) is 12.8 Å². The summed E-state index contributed by atoms with van der Waals surface area (Å²) in [5, 5.41) is 7.82. The number of fused-ring (bicyclic) bond motifs is 1. The lowest BCUT2D eigenvalue weighted by Gasteiger charge is -2.40. The fourth-order valence-corrected chi connectivity index (χ4v) is 4.35. The van der Waals surface area contributed by atoms with Crippen molar-refractivity contribution in [1.29, 1.82) is 0 Å². The lowest BCUT2D eigenvalue weighted by molar-refractivity contribution is -0.134. The molecule has 2 fully saturated rings. The van der Waals surface area contributed by atoms with Crippen LogP contribution in [0.15, 0.2) is 16.8 Å². The Hall–Kier alpha value is -0.870. The van der Waals surface area contributed by atoms with E-state index in [2.05, 4.69) is 22.1 Å². The van der Waals surface area contributed by atoms with Gasteiger partial charge < -0.3 is 10.2 Å². The van der Waals surface area contributed by atoms with Gasteiger partial charge in [0.2, 0.25) is 5.91 Å². The van der Waals surface area contributed by atoms with E-state index in [0.29, 0.717) is 6.04 Å². The zero-order valence-electron chi connectivity index (χ0n) is 12.2. The number of thiophene rings is 1. The first-order valence-corrected chi connectivity index (χ1v) is 8.70. The molecule has 0 bridgehead atoms. The van der Waals surface area contributed by atoms with Gasteiger partial charge in [0.1, 0.15) is 0 Å². The number of amides is 1. The number of carbonyl (C=O) groups excluding carboxylic acids is 1. The van der Waals surface area contributed by atoms with Crippen LogP contribution in [-0.4, -0.2) is 29.9 Å². The van der Waals surface area contributed by atoms with E-state index in [-0.39, 0.29) is 11.9 Å². The average molecular weight is 292 g/mol. The number of rotatable bonds is 3. The predicted octanol–water partition coefficient (Wildman–Crippen LogP) is 3.02. The molecule has 0 spiro atoms. The zero-order chi connectivity index (χ0) is 13.9. The van der Waals surface area contributed by atoms with Crippen LogP contribution in [-0.2, 0) is 11.3 Å². The zero-order valence-corrected chi connectivity index (χ0v) is 13.0. The second kappa shape index (κ2) is 6.27. The van der Waals surface area contributed by atoms with E-state index in [0.717, 1.165) is 18.9 Å². The number of nitrogens with one attached hydrogen (secondary N) is 1. The van der Waals surface area contributed by atoms with E-state index < -0.39 is 0 Å². The smallest absolute Gasteiger partial charge is 0.239 e. The van der Waals surface area contributed by atoms with E-state index in [1.807, 2.05) is 11.9 Å². The summed E-state index contributed by atoms with van der Waals surface area (Å²) in [5.74, 6) is 1.08. The number of hydrogen-bond acceptors (Lipinski definition) is 3. The minimum atomic E-state index is 0.0398. The molecule has 1 aromatic rings. The van der Waals surface area contributed by atoms with Crippen molar-refractivity contribution in [2.75, 3.05) is 7.05 Å². The number of nitrogens with zero attached hydrogens (tertiary/aromatic N) is 1. The van der Waals surface area contributed by atoms with Crippen LogP contribution in [0.3, 0.4) is 0 Å². The van der Waals surface area contributed by atoms with Gasteiger partial charge in [0.05, 0.1) is 6.04 Å². The molecule has 4 heteroatoms. The molecule has 3 nitrogen and oxygen atoms in total. The summed E-state index contributed by atoms with van der Waals surface area (Å²) in [4.78, 5) is 14.4. The topological polar surface area (TPSA) is 32.3 Å². The van der Waals surface area contributed by atoms with Crippen LogP contribution in [0.2, 0.25) is 0 Å². The Labute approximate surface area is 125 Å². The van der Waals surface area contributed by atoms with Gasteiger partial charge >= 0.3 is 0 Å². The van der Waals surface area contributed by atoms with Crippen LogP contribution >= 0.6 is 11.3 Å². The fourth-order valence-electron chi connectivity index (χ4n) is 3.69. The van der Waals surface area contributed by atoms with Gasteiger partial charge in [-0.15, -0.1) is 0 Å². The molecule has 2 aliphatic rings. The maximum Gasteiger partial charge on any atom is 0.239 e. The number of carbonyl (C=O) groups is 1. The van der Waals surface area contributed by atoms with Crippen LogP contribution in [0.25, 0.3) is 0 Å². The largest absolute Gasteiger partial charge is 0.340 e. The van der Waals surface area contributed by atoms with Gasteiger partial charge in [0, 0.05) is 19.6 Å². The van der Waals surface area contributed by atoms with Crippen molar-refractivity contribution in [1.82, 2.24) is 10.2 Å². The lowest BCUT2D eigenvalue weighted by Crippen LogP contribution is -2.55. The number of likely N-dealkylation sites (N-methyl/N-ethyl adjacent to an activating group) is 1. The van der Waals surface area contributed by atoms with E-state index in [4.69, 9.17) is 0 Å². The van der Waals surface area contributed by atoms with Crippen molar-refractivity contribution < 1.29 is 4.79 Å². The van der Waals surface area contributed by atoms with Crippen molar-refractivity contribution in [2.24, 2.45) is 5.92 Å². The van der Waals surface area contributed by atoms with Crippen molar-refractivity contribution in [3.8, 4) is 0 Å². The summed E-state index contributed by atoms with van der Waals surface area (Å²) in [7, 11) is 1.93. The summed E-state index contributed by atoms with van der Waals surface area (Å²) in [6, 6.07) is 2.72. The second-order valence-corrected chi connectivity index (χ2v) is 7.05. The minimum Gasteiger partial charge on any atom is -0.340 e. The number of hydrogen-bond donors (Lipinski definition) is 1. The van der Waals surface area contributed by atoms with Crippen LogP contribution in [0.1, 0.15) is 44.1 Å². The summed E-state index contributed by atoms with van der Waals surface area (Å²) in [6.45, 7) is 0.731. The maximum atomic E-state index is 12.6. The van der Waals surface area contributed by atoms with Gasteiger partial charge in [-0.2, -0.15) is 11.3 Å². The summed E-state index contributed by atoms with van der Waals surface area (Å²) < 4.78 is 0. The van der Waals surface area contributed by atoms with Crippen LogP contribution in [0.4, 0.5) is 0 Å². The molecular weight excluding hydrogens is 268 g/mol. The molecule has 1 N–H and O–H groups in total. The van der Waals surface area contributed by atoms with E-state index in [1.165, 1.54) is 37.7 Å². The van der Waals surface area contributed by atoms with E-state index in [9.17, 15) is 4.79 Å². The molecule has 1 amide bonds. The molecule has 2 heterocycles. The summed E-state index contributed by atoms with van der Waals surface area (Å²) in [6.07, 6.45) is 7.53. The fraction of sp³-hybridized carbons (Fsp3) is 0.688. The first-order chi connectivity index (χ1) is 9.74. The van der Waals surface area contributed by atoms with Crippen molar-refractivity contribution in [3.05, 3.63) is 22.4 Å². The molecule has 1 aromatic heterocycles. The van der Waals surface area contributed by atoms with Gasteiger partial charge in [-0.3, -0.25) is 4.79 Å². The molecular formula is C16H24N2OS. The average Bonchev–Trinajstić information content (AvgIpc) is 2.99. The Morgan fingerprint density at radius 2 is 2.20 bits per heavy atom. The Balaban J connectivity index is 1.56. The standard InChI is InChI=1S/C16H24N2OS/c1-18(10-12-8-9-20-11-12)16(19)15-7-6-13-4-2-3-5-14(13)17-15/h8-9,11,13-15,17H,2-7,10H2,1H3. The molecule has 0 radical (unpaired) electrons. The molecule has 1 aliphatic carbocycles. The molecule has 3 rings (SSSR count). The minimum absolute atomic E-state index is 0.0398. The predicted molar refractivity (Wildman–Crippen MR) is 82.7 cm³/mol. The highest BCUT2D eigenvalue weighted by Crippen LogP contribution is 2.32. The third kappa shape index (κ3) is 3.07. The molecule has 3 unspecified atom stereocenters. The molecule has 1 saturated heterocycles. The van der Waals surface area contributed by atoms with Gasteiger partial charge in [0.25, 0.3) is 0 Å². The van der Waals surface area contributed by atoms with Crippen LogP contribution in [0.5, 0.6) is 0 Å². The van der Waals surface area contributed by atoms with Gasteiger partial charge in [-0.25, -0.2) is 0 Å². The summed E-state index contributed by atoms with van der Waals surface area (Å²) in [5.41, 5.74) is 1.23. The van der Waals surface area contributed by atoms with Gasteiger partial charge in [-0.05, 0) is 54.0 Å². The first kappa shape index (κ1) is 14.1. The second-order valence-electron chi connectivity index (χ2n) is 6.27. The normalized spacial score (nSPS) is 29.8. The van der Waals surface area contributed by atoms with E-state index in [1.54, 1.807) is 11.3 Å². The molecule has 0 aromatic carbocycles. The molecule has 20 heavy (non-hydrogen) atoms. The highest BCUT2D eigenvalue weighted by Gasteiger charge is 2.35. The molecule has 1 aliphatic heterocycles. The Morgan fingerprint density at radius 1 is 1.35 bits per heavy atom. The SMILES string of the molecule is CN(Cc1ccsc1)C(=O)C1CCC2CCCCC2N1. The Kier molecular flexibility index (Phi) is 4.41. The van der Waals surface area contributed by atoms with Crippen molar-refractivity contribution >= 4 is 17.2 Å². The van der Waals surface area contributed by atoms with Crippen molar-refractivity contribution in [2.45, 2.75) is 57.2 Å². The Bertz CT molecular complexity index is 445. The Morgan fingerprint density at radius 3 is 3.00 bits per heavy atom. The lowest BCUT2D eigenvalue weighted by atomic mass is 9.77. The van der Waals surface area contributed by atoms with Crippen LogP contribution in [0, 0.1) is 5.92 Å². The first-order valence-electron chi connectivity index (χ1n) is 7.76. The molecule has 110 valence electrons. The van der Waals surface area contributed by atoms with Crippen LogP contribution < -0.4 is 5.32 Å². The highest BCUT2D eigenvalue weighted by atomic mass is 32.1. The molecule has 3 atom stereocenters. The third-order valence-electron chi connectivity index (χ3n) is 4.82. The summed E-state index contributed by atoms with van der Waals surface area (Å²) >= 11 is 1.69. The third-order valence-corrected chi connectivity index (χ3v) is 5.56. The monoisotopic (exact) mass is 292 g/mol. The van der Waals surface area contributed by atoms with Crippen molar-refractivity contribution in [3.63, 3.8) is 0 Å². The maximum absolute atomic E-state index is 12.6. The molecule has 1 saturated carbocycles. The quantitative estimate of drug-likeness (QED) is 0.929. The highest BCUT2D eigenvalue weighted by molar-refractivity contribution is 7.07. The number of piperidine rings is 1. The van der Waals surface area contributed by atoms with Gasteiger partial charge in [0.15, 0.2) is 0 Å².